The van der Waals surface area contributed by atoms with E-state index in [4.69, 9.17) is 21.7 Å². The third-order valence-electron chi connectivity index (χ3n) is 4.23. The number of amides is 2. The third-order valence-corrected chi connectivity index (χ3v) is 4.43. The van der Waals surface area contributed by atoms with Crippen molar-refractivity contribution in [1.82, 2.24) is 16.2 Å². The molecular formula is C22H21N3O4S. The monoisotopic (exact) mass is 423 g/mol. The van der Waals surface area contributed by atoms with E-state index in [1.54, 1.807) is 31.4 Å². The van der Waals surface area contributed by atoms with Gasteiger partial charge in [-0.15, -0.1) is 0 Å². The molecule has 154 valence electrons. The van der Waals surface area contributed by atoms with Crippen LogP contribution in [-0.2, 0) is 16.0 Å². The van der Waals surface area contributed by atoms with Crippen molar-refractivity contribution in [3.05, 3.63) is 72.3 Å². The van der Waals surface area contributed by atoms with E-state index in [1.807, 2.05) is 42.5 Å². The van der Waals surface area contributed by atoms with Crippen molar-refractivity contribution in [2.75, 3.05) is 13.7 Å². The fourth-order valence-electron chi connectivity index (χ4n) is 2.81. The van der Waals surface area contributed by atoms with Gasteiger partial charge in [-0.1, -0.05) is 42.5 Å². The number of fused-ring (bicyclic) bond motifs is 1. The van der Waals surface area contributed by atoms with E-state index in [2.05, 4.69) is 16.2 Å². The lowest BCUT2D eigenvalue weighted by Gasteiger charge is -2.12. The largest absolute Gasteiger partial charge is 0.497 e. The lowest BCUT2D eigenvalue weighted by Crippen LogP contribution is -2.49. The van der Waals surface area contributed by atoms with Gasteiger partial charge in [-0.25, -0.2) is 0 Å². The summed E-state index contributed by atoms with van der Waals surface area (Å²) >= 11 is 5.02. The average molecular weight is 423 g/mol. The number of methoxy groups -OCH3 is 1. The minimum absolute atomic E-state index is 0.0235. The van der Waals surface area contributed by atoms with E-state index in [9.17, 15) is 9.59 Å². The first-order valence-electron chi connectivity index (χ1n) is 9.17. The number of hydrogen-bond acceptors (Lipinski definition) is 5. The van der Waals surface area contributed by atoms with Gasteiger partial charge in [0.25, 0.3) is 5.91 Å². The van der Waals surface area contributed by atoms with Crippen molar-refractivity contribution >= 4 is 39.9 Å². The van der Waals surface area contributed by atoms with Crippen molar-refractivity contribution in [2.24, 2.45) is 0 Å². The van der Waals surface area contributed by atoms with Crippen LogP contribution in [0.15, 0.2) is 66.7 Å². The van der Waals surface area contributed by atoms with Gasteiger partial charge in [0.05, 0.1) is 13.5 Å². The lowest BCUT2D eigenvalue weighted by atomic mass is 10.0. The predicted octanol–water partition coefficient (Wildman–Crippen LogP) is 2.49. The number of nitrogens with one attached hydrogen (secondary N) is 3. The van der Waals surface area contributed by atoms with Crippen LogP contribution in [0.1, 0.15) is 5.56 Å². The smallest absolute Gasteiger partial charge is 0.264 e. The normalized spacial score (nSPS) is 10.2. The second-order valence-electron chi connectivity index (χ2n) is 6.33. The molecule has 0 aliphatic carbocycles. The molecule has 0 aromatic heterocycles. The topological polar surface area (TPSA) is 88.7 Å². The minimum atomic E-state index is -0.452. The molecule has 0 saturated carbocycles. The Morgan fingerprint density at radius 1 is 0.867 bits per heavy atom. The van der Waals surface area contributed by atoms with Crippen LogP contribution in [0.4, 0.5) is 0 Å². The maximum atomic E-state index is 12.2. The van der Waals surface area contributed by atoms with Crippen LogP contribution in [0.25, 0.3) is 10.8 Å². The molecular weight excluding hydrogens is 402 g/mol. The molecule has 0 aliphatic rings. The van der Waals surface area contributed by atoms with Crippen molar-refractivity contribution in [3.63, 3.8) is 0 Å². The Bertz CT molecular complexity index is 1050. The minimum Gasteiger partial charge on any atom is -0.497 e. The molecule has 8 heteroatoms. The SMILES string of the molecule is COc1ccc(OCC(=O)NC(=S)NNC(=O)Cc2cccc3ccccc23)cc1. The number of carbonyl (C=O) groups is 2. The van der Waals surface area contributed by atoms with E-state index in [1.165, 1.54) is 0 Å². The van der Waals surface area contributed by atoms with Crippen molar-refractivity contribution < 1.29 is 19.1 Å². The van der Waals surface area contributed by atoms with Crippen LogP contribution in [0, 0.1) is 0 Å². The van der Waals surface area contributed by atoms with Gasteiger partial charge in [0.2, 0.25) is 5.91 Å². The molecule has 0 saturated heterocycles. The van der Waals surface area contributed by atoms with Gasteiger partial charge < -0.3 is 9.47 Å². The summed E-state index contributed by atoms with van der Waals surface area (Å²) in [6.45, 7) is -0.224. The molecule has 7 nitrogen and oxygen atoms in total. The molecule has 0 fully saturated rings. The van der Waals surface area contributed by atoms with Crippen molar-refractivity contribution in [1.29, 1.82) is 0 Å². The van der Waals surface area contributed by atoms with Crippen LogP contribution >= 0.6 is 12.2 Å². The number of thiocarbonyl (C=S) groups is 1. The van der Waals surface area contributed by atoms with Gasteiger partial charge >= 0.3 is 0 Å². The standard InChI is InChI=1S/C22H21N3O4S/c1-28-17-9-11-18(12-10-17)29-14-21(27)23-22(30)25-24-20(26)13-16-7-4-6-15-5-2-3-8-19(15)16/h2-12H,13-14H2,1H3,(H,24,26)(H2,23,25,27,30). The third kappa shape index (κ3) is 5.92. The van der Waals surface area contributed by atoms with Crippen molar-refractivity contribution in [2.45, 2.75) is 6.42 Å². The van der Waals surface area contributed by atoms with Crippen LogP contribution in [-0.4, -0.2) is 30.6 Å². The fourth-order valence-corrected chi connectivity index (χ4v) is 2.97. The second-order valence-corrected chi connectivity index (χ2v) is 6.74. The van der Waals surface area contributed by atoms with Crippen LogP contribution in [0.3, 0.4) is 0 Å². The Morgan fingerprint density at radius 3 is 2.33 bits per heavy atom. The average Bonchev–Trinajstić information content (AvgIpc) is 2.77. The number of ether oxygens (including phenoxy) is 2. The Kier molecular flexibility index (Phi) is 7.18. The molecule has 0 bridgehead atoms. The molecule has 3 aromatic rings. The van der Waals surface area contributed by atoms with Crippen LogP contribution < -0.4 is 25.6 Å². The number of carbonyl (C=O) groups excluding carboxylic acids is 2. The van der Waals surface area contributed by atoms with Crippen molar-refractivity contribution in [3.8, 4) is 11.5 Å². The van der Waals surface area contributed by atoms with Gasteiger partial charge in [-0.2, -0.15) is 0 Å². The zero-order valence-electron chi connectivity index (χ0n) is 16.3. The maximum Gasteiger partial charge on any atom is 0.264 e. The zero-order chi connectivity index (χ0) is 21.3. The first-order valence-corrected chi connectivity index (χ1v) is 9.58. The van der Waals surface area contributed by atoms with Gasteiger partial charge in [-0.05, 0) is 52.8 Å². The van der Waals surface area contributed by atoms with E-state index in [0.29, 0.717) is 11.5 Å². The number of benzene rings is 3. The molecule has 30 heavy (non-hydrogen) atoms. The summed E-state index contributed by atoms with van der Waals surface area (Å²) in [6, 6.07) is 20.5. The van der Waals surface area contributed by atoms with Crippen LogP contribution in [0.2, 0.25) is 0 Å². The van der Waals surface area contributed by atoms with E-state index < -0.39 is 5.91 Å². The summed E-state index contributed by atoms with van der Waals surface area (Å²) < 4.78 is 10.4. The Hall–Kier alpha value is -3.65. The number of hydrazine groups is 1. The first-order chi connectivity index (χ1) is 14.5. The Morgan fingerprint density at radius 2 is 1.57 bits per heavy atom. The maximum absolute atomic E-state index is 12.2. The van der Waals surface area contributed by atoms with Gasteiger partial charge in [0.1, 0.15) is 11.5 Å². The van der Waals surface area contributed by atoms with Gasteiger partial charge in [-0.3, -0.25) is 25.8 Å². The fraction of sp³-hybridized carbons (Fsp3) is 0.136. The molecule has 0 heterocycles. The molecule has 2 amide bonds. The van der Waals surface area contributed by atoms with Gasteiger partial charge in [0.15, 0.2) is 11.7 Å². The first kappa shape index (κ1) is 21.1. The quantitative estimate of drug-likeness (QED) is 0.417. The highest BCUT2D eigenvalue weighted by Gasteiger charge is 2.09. The molecule has 0 aliphatic heterocycles. The Balaban J connectivity index is 1.42. The summed E-state index contributed by atoms with van der Waals surface area (Å²) in [5.41, 5.74) is 5.91. The molecule has 3 rings (SSSR count). The second kappa shape index (κ2) is 10.2. The van der Waals surface area contributed by atoms with E-state index in [0.717, 1.165) is 16.3 Å². The highest BCUT2D eigenvalue weighted by molar-refractivity contribution is 7.80. The predicted molar refractivity (Wildman–Crippen MR) is 118 cm³/mol. The Labute approximate surface area is 179 Å². The highest BCUT2D eigenvalue weighted by Crippen LogP contribution is 2.19. The van der Waals surface area contributed by atoms with E-state index in [-0.39, 0.29) is 24.0 Å². The van der Waals surface area contributed by atoms with Crippen LogP contribution in [0.5, 0.6) is 11.5 Å². The molecule has 0 atom stereocenters. The molecule has 3 N–H and O–H groups in total. The zero-order valence-corrected chi connectivity index (χ0v) is 17.1. The summed E-state index contributed by atoms with van der Waals surface area (Å²) in [6.07, 6.45) is 0.172. The summed E-state index contributed by atoms with van der Waals surface area (Å²) in [4.78, 5) is 24.2. The molecule has 0 unspecified atom stereocenters. The highest BCUT2D eigenvalue weighted by atomic mass is 32.1. The number of hydrogen-bond donors (Lipinski definition) is 3. The van der Waals surface area contributed by atoms with Gasteiger partial charge in [0, 0.05) is 0 Å². The lowest BCUT2D eigenvalue weighted by molar-refractivity contribution is -0.122. The number of rotatable bonds is 6. The summed E-state index contributed by atoms with van der Waals surface area (Å²) in [5, 5.41) is 4.50. The molecule has 0 spiro atoms. The summed E-state index contributed by atoms with van der Waals surface area (Å²) in [5.74, 6) is 0.480. The summed E-state index contributed by atoms with van der Waals surface area (Å²) in [7, 11) is 1.57. The molecule has 3 aromatic carbocycles. The molecule has 0 radical (unpaired) electrons. The van der Waals surface area contributed by atoms with E-state index >= 15 is 0 Å².